The third kappa shape index (κ3) is 3.03. The van der Waals surface area contributed by atoms with Gasteiger partial charge in [-0.1, -0.05) is 13.8 Å². The third-order valence-corrected chi connectivity index (χ3v) is 2.66. The molecular formula is C10H15ClN4O2. The average Bonchev–Trinajstić information content (AvgIpc) is 2.67. The summed E-state index contributed by atoms with van der Waals surface area (Å²) in [5.41, 5.74) is 0. The first-order chi connectivity index (χ1) is 8.01. The summed E-state index contributed by atoms with van der Waals surface area (Å²) < 4.78 is 4.97. The third-order valence-electron chi connectivity index (χ3n) is 2.41. The Hall–Kier alpha value is -1.43. The Morgan fingerprint density at radius 3 is 2.76 bits per heavy atom. The lowest BCUT2D eigenvalue weighted by atomic mass is 10.1. The van der Waals surface area contributed by atoms with Crippen molar-refractivity contribution in [3.8, 4) is 0 Å². The highest BCUT2D eigenvalue weighted by Crippen LogP contribution is 2.20. The number of amidine groups is 1. The first kappa shape index (κ1) is 13.6. The second-order valence-electron chi connectivity index (χ2n) is 3.82. The number of hydrogen-bond donors (Lipinski definition) is 0. The van der Waals surface area contributed by atoms with Crippen molar-refractivity contribution in [3.05, 3.63) is 0 Å². The largest absolute Gasteiger partial charge is 0.447 e. The summed E-state index contributed by atoms with van der Waals surface area (Å²) in [7, 11) is 1.49. The highest BCUT2D eigenvalue weighted by atomic mass is 35.5. The standard InChI is InChI=1S/C10H15ClN4O2/c1-6(2)7-5-17-10(16)15(7)9(13-4)14-8(11)12-3/h6-7H,4-5H2,1-3H3/b12-8-,14-9+/t7-/m1/s1. The van der Waals surface area contributed by atoms with E-state index in [4.69, 9.17) is 16.3 Å². The lowest BCUT2D eigenvalue weighted by Crippen LogP contribution is -2.41. The smallest absolute Gasteiger partial charge is 0.417 e. The van der Waals surface area contributed by atoms with E-state index in [1.54, 1.807) is 0 Å². The molecule has 1 heterocycles. The number of ether oxygens (including phenoxy) is 1. The van der Waals surface area contributed by atoms with Gasteiger partial charge in [-0.25, -0.2) is 14.7 Å². The number of hydrogen-bond acceptors (Lipinski definition) is 3. The lowest BCUT2D eigenvalue weighted by Gasteiger charge is -2.22. The fraction of sp³-hybridized carbons (Fsp3) is 0.600. The zero-order valence-electron chi connectivity index (χ0n) is 10.1. The molecule has 1 fully saturated rings. The van der Waals surface area contributed by atoms with Crippen LogP contribution in [0.25, 0.3) is 0 Å². The predicted octanol–water partition coefficient (Wildman–Crippen LogP) is 1.74. The maximum absolute atomic E-state index is 11.6. The van der Waals surface area contributed by atoms with Crippen molar-refractivity contribution in [3.63, 3.8) is 0 Å². The van der Waals surface area contributed by atoms with Crippen molar-refractivity contribution < 1.29 is 9.53 Å². The maximum Gasteiger partial charge on any atom is 0.417 e. The van der Waals surface area contributed by atoms with Crippen LogP contribution in [0.3, 0.4) is 0 Å². The van der Waals surface area contributed by atoms with Gasteiger partial charge in [0.2, 0.25) is 11.3 Å². The molecule has 17 heavy (non-hydrogen) atoms. The first-order valence-corrected chi connectivity index (χ1v) is 5.52. The van der Waals surface area contributed by atoms with Crippen molar-refractivity contribution in [2.45, 2.75) is 19.9 Å². The fourth-order valence-electron chi connectivity index (χ4n) is 1.45. The molecule has 0 aromatic heterocycles. The second-order valence-corrected chi connectivity index (χ2v) is 4.16. The fourth-order valence-corrected chi connectivity index (χ4v) is 1.53. The van der Waals surface area contributed by atoms with Gasteiger partial charge in [0.05, 0.1) is 6.04 Å². The van der Waals surface area contributed by atoms with E-state index in [0.717, 1.165) is 0 Å². The van der Waals surface area contributed by atoms with E-state index in [0.29, 0.717) is 6.61 Å². The number of rotatable bonds is 1. The van der Waals surface area contributed by atoms with Crippen LogP contribution in [0.15, 0.2) is 15.0 Å². The van der Waals surface area contributed by atoms with Crippen LogP contribution in [0.1, 0.15) is 13.8 Å². The van der Waals surface area contributed by atoms with Gasteiger partial charge in [-0.15, -0.1) is 0 Å². The Kier molecular flexibility index (Phi) is 4.62. The van der Waals surface area contributed by atoms with E-state index in [-0.39, 0.29) is 23.2 Å². The molecule has 94 valence electrons. The number of carbonyl (C=O) groups excluding carboxylic acids is 1. The van der Waals surface area contributed by atoms with Gasteiger partial charge in [-0.3, -0.25) is 4.99 Å². The molecule has 6 nitrogen and oxygen atoms in total. The normalized spacial score (nSPS) is 22.1. The number of guanidine groups is 1. The Balaban J connectivity index is 3.05. The molecule has 0 N–H and O–H groups in total. The zero-order chi connectivity index (χ0) is 13.0. The minimum Gasteiger partial charge on any atom is -0.447 e. The number of cyclic esters (lactones) is 1. The van der Waals surface area contributed by atoms with Crippen LogP contribution in [0.4, 0.5) is 4.79 Å². The van der Waals surface area contributed by atoms with Crippen molar-refractivity contribution in [1.29, 1.82) is 0 Å². The minimum atomic E-state index is -0.490. The molecule has 1 amide bonds. The Bertz CT molecular complexity index is 379. The van der Waals surface area contributed by atoms with Gasteiger partial charge >= 0.3 is 6.09 Å². The summed E-state index contributed by atoms with van der Waals surface area (Å²) in [4.78, 5) is 24.2. The first-order valence-electron chi connectivity index (χ1n) is 5.15. The Morgan fingerprint density at radius 2 is 2.29 bits per heavy atom. The van der Waals surface area contributed by atoms with Gasteiger partial charge in [-0.05, 0) is 24.2 Å². The molecule has 0 aliphatic carbocycles. The summed E-state index contributed by atoms with van der Waals surface area (Å²) in [5, 5.41) is 0.00889. The van der Waals surface area contributed by atoms with Crippen LogP contribution in [-0.4, -0.2) is 48.7 Å². The molecule has 1 aliphatic rings. The molecule has 1 rings (SSSR count). The van der Waals surface area contributed by atoms with Gasteiger partial charge in [0.1, 0.15) is 6.61 Å². The molecule has 0 aromatic rings. The number of aliphatic imine (C=N–C) groups is 3. The van der Waals surface area contributed by atoms with E-state index in [9.17, 15) is 4.79 Å². The minimum absolute atomic E-state index is 0.00889. The number of nitrogens with zero attached hydrogens (tertiary/aromatic N) is 4. The van der Waals surface area contributed by atoms with Crippen molar-refractivity contribution >= 4 is 35.7 Å². The van der Waals surface area contributed by atoms with Crippen molar-refractivity contribution in [2.24, 2.45) is 20.9 Å². The highest BCUT2D eigenvalue weighted by Gasteiger charge is 2.38. The molecule has 1 atom stereocenters. The quantitative estimate of drug-likeness (QED) is 0.408. The monoisotopic (exact) mass is 258 g/mol. The summed E-state index contributed by atoms with van der Waals surface area (Å²) in [5.74, 6) is 0.326. The van der Waals surface area contributed by atoms with Gasteiger partial charge in [-0.2, -0.15) is 4.99 Å². The van der Waals surface area contributed by atoms with E-state index in [1.807, 2.05) is 13.8 Å². The van der Waals surface area contributed by atoms with Gasteiger partial charge in [0.25, 0.3) is 0 Å². The summed E-state index contributed by atoms with van der Waals surface area (Å²) >= 11 is 5.69. The molecule has 0 saturated carbocycles. The molecule has 1 aliphatic heterocycles. The zero-order valence-corrected chi connectivity index (χ0v) is 10.8. The average molecular weight is 259 g/mol. The van der Waals surface area contributed by atoms with Gasteiger partial charge in [0, 0.05) is 7.05 Å². The molecule has 1 saturated heterocycles. The molecule has 7 heteroatoms. The molecule has 0 bridgehead atoms. The summed E-state index contributed by atoms with van der Waals surface area (Å²) in [6.45, 7) is 7.65. The van der Waals surface area contributed by atoms with Crippen molar-refractivity contribution in [2.75, 3.05) is 13.7 Å². The van der Waals surface area contributed by atoms with Crippen LogP contribution in [-0.2, 0) is 4.74 Å². The number of halogens is 1. The van der Waals surface area contributed by atoms with Crippen LogP contribution in [0.5, 0.6) is 0 Å². The van der Waals surface area contributed by atoms with Crippen molar-refractivity contribution in [1.82, 2.24) is 4.90 Å². The van der Waals surface area contributed by atoms with E-state index in [2.05, 4.69) is 21.7 Å². The van der Waals surface area contributed by atoms with Crippen LogP contribution in [0, 0.1) is 5.92 Å². The molecule has 0 spiro atoms. The molecule has 0 radical (unpaired) electrons. The van der Waals surface area contributed by atoms with E-state index >= 15 is 0 Å². The van der Waals surface area contributed by atoms with Crippen LogP contribution in [0.2, 0.25) is 0 Å². The number of amides is 1. The maximum atomic E-state index is 11.6. The number of carbonyl (C=O) groups is 1. The second kappa shape index (κ2) is 5.77. The Morgan fingerprint density at radius 1 is 1.65 bits per heavy atom. The predicted molar refractivity (Wildman–Crippen MR) is 68.0 cm³/mol. The molecular weight excluding hydrogens is 244 g/mol. The van der Waals surface area contributed by atoms with Gasteiger partial charge < -0.3 is 4.74 Å². The summed E-state index contributed by atoms with van der Waals surface area (Å²) in [6.07, 6.45) is -0.490. The van der Waals surface area contributed by atoms with E-state index < -0.39 is 6.09 Å². The van der Waals surface area contributed by atoms with Gasteiger partial charge in [0.15, 0.2) is 0 Å². The SMILES string of the molecule is C=N/C(=N\C(Cl)=N/C)N1C(=O)OC[C@@H]1C(C)C. The molecule has 0 unspecified atom stereocenters. The molecule has 0 aromatic carbocycles. The van der Waals surface area contributed by atoms with E-state index in [1.165, 1.54) is 11.9 Å². The highest BCUT2D eigenvalue weighted by molar-refractivity contribution is 6.65. The Labute approximate surface area is 105 Å². The van der Waals surface area contributed by atoms with Crippen LogP contribution >= 0.6 is 11.6 Å². The topological polar surface area (TPSA) is 66.6 Å². The summed E-state index contributed by atoms with van der Waals surface area (Å²) in [6, 6.07) is -0.118. The van der Waals surface area contributed by atoms with Crippen LogP contribution < -0.4 is 0 Å². The lowest BCUT2D eigenvalue weighted by molar-refractivity contribution is 0.168.